The zero-order chi connectivity index (χ0) is 13.8. The Morgan fingerprint density at radius 1 is 1.05 bits per heavy atom. The van der Waals surface area contributed by atoms with E-state index in [2.05, 4.69) is 0 Å². The summed E-state index contributed by atoms with van der Waals surface area (Å²) in [7, 11) is 3.08. The predicted octanol–water partition coefficient (Wildman–Crippen LogP) is 3.59. The highest BCUT2D eigenvalue weighted by Gasteiger charge is 2.15. The summed E-state index contributed by atoms with van der Waals surface area (Å²) in [5.74, 6) is 0.978. The quantitative estimate of drug-likeness (QED) is 0.801. The molecular formula is C15H13ClO3. The molecule has 0 aliphatic rings. The number of ketones is 1. The molecule has 0 radical (unpaired) electrons. The molecule has 0 amide bonds. The van der Waals surface area contributed by atoms with Gasteiger partial charge < -0.3 is 9.47 Å². The topological polar surface area (TPSA) is 35.5 Å². The van der Waals surface area contributed by atoms with Crippen molar-refractivity contribution < 1.29 is 14.3 Å². The van der Waals surface area contributed by atoms with Gasteiger partial charge in [0.1, 0.15) is 11.5 Å². The van der Waals surface area contributed by atoms with E-state index >= 15 is 0 Å². The van der Waals surface area contributed by atoms with Gasteiger partial charge in [-0.05, 0) is 24.3 Å². The Kier molecular flexibility index (Phi) is 4.07. The molecule has 98 valence electrons. The Bertz CT molecular complexity index is 608. The second-order valence-corrected chi connectivity index (χ2v) is 4.34. The minimum Gasteiger partial charge on any atom is -0.497 e. The molecule has 0 spiro atoms. The fourth-order valence-electron chi connectivity index (χ4n) is 1.77. The second kappa shape index (κ2) is 5.76. The molecule has 2 aromatic carbocycles. The number of carbonyl (C=O) groups excluding carboxylic acids is 1. The van der Waals surface area contributed by atoms with Crippen molar-refractivity contribution in [2.45, 2.75) is 0 Å². The minimum absolute atomic E-state index is 0.137. The normalized spacial score (nSPS) is 10.1. The number of halogens is 1. The molecule has 0 aromatic heterocycles. The van der Waals surface area contributed by atoms with Crippen molar-refractivity contribution >= 4 is 17.4 Å². The number of ether oxygens (including phenoxy) is 2. The first-order valence-electron chi connectivity index (χ1n) is 5.68. The first-order valence-corrected chi connectivity index (χ1v) is 6.06. The predicted molar refractivity (Wildman–Crippen MR) is 74.4 cm³/mol. The van der Waals surface area contributed by atoms with Gasteiger partial charge in [0, 0.05) is 16.7 Å². The van der Waals surface area contributed by atoms with E-state index in [9.17, 15) is 4.79 Å². The standard InChI is InChI=1S/C15H13ClO3/c1-18-12-6-7-13(14(9-12)19-2)15(17)10-4-3-5-11(16)8-10/h3-9H,1-2H3. The summed E-state index contributed by atoms with van der Waals surface area (Å²) in [5.41, 5.74) is 1.00. The molecule has 19 heavy (non-hydrogen) atoms. The smallest absolute Gasteiger partial charge is 0.196 e. The molecule has 0 fully saturated rings. The molecule has 4 heteroatoms. The molecule has 0 aliphatic heterocycles. The van der Waals surface area contributed by atoms with Crippen LogP contribution in [-0.4, -0.2) is 20.0 Å². The van der Waals surface area contributed by atoms with Gasteiger partial charge in [-0.1, -0.05) is 23.7 Å². The summed E-state index contributed by atoms with van der Waals surface area (Å²) >= 11 is 5.89. The Morgan fingerprint density at radius 3 is 2.47 bits per heavy atom. The van der Waals surface area contributed by atoms with Gasteiger partial charge in [-0.3, -0.25) is 4.79 Å². The molecule has 2 aromatic rings. The third kappa shape index (κ3) is 2.88. The van der Waals surface area contributed by atoms with E-state index in [-0.39, 0.29) is 5.78 Å². The minimum atomic E-state index is -0.137. The highest BCUT2D eigenvalue weighted by molar-refractivity contribution is 6.31. The maximum absolute atomic E-state index is 12.4. The molecule has 0 heterocycles. The van der Waals surface area contributed by atoms with Gasteiger partial charge in [-0.25, -0.2) is 0 Å². The van der Waals surface area contributed by atoms with Crippen molar-refractivity contribution in [2.24, 2.45) is 0 Å². The zero-order valence-electron chi connectivity index (χ0n) is 10.6. The molecule has 0 unspecified atom stereocenters. The van der Waals surface area contributed by atoms with Crippen LogP contribution in [0.25, 0.3) is 0 Å². The molecule has 0 saturated heterocycles. The molecule has 0 N–H and O–H groups in total. The van der Waals surface area contributed by atoms with Gasteiger partial charge >= 0.3 is 0 Å². The Labute approximate surface area is 116 Å². The molecule has 0 saturated carbocycles. The number of rotatable bonds is 4. The highest BCUT2D eigenvalue weighted by Crippen LogP contribution is 2.27. The van der Waals surface area contributed by atoms with E-state index < -0.39 is 0 Å². The van der Waals surface area contributed by atoms with Crippen molar-refractivity contribution in [2.75, 3.05) is 14.2 Å². The van der Waals surface area contributed by atoms with Crippen molar-refractivity contribution in [3.05, 3.63) is 58.6 Å². The first kappa shape index (κ1) is 13.4. The largest absolute Gasteiger partial charge is 0.497 e. The molecule has 0 atom stereocenters. The van der Waals surface area contributed by atoms with Gasteiger partial charge in [0.05, 0.1) is 19.8 Å². The summed E-state index contributed by atoms with van der Waals surface area (Å²) < 4.78 is 10.3. The third-order valence-corrected chi connectivity index (χ3v) is 2.98. The van der Waals surface area contributed by atoms with Crippen LogP contribution in [0.5, 0.6) is 11.5 Å². The average Bonchev–Trinajstić information content (AvgIpc) is 2.45. The van der Waals surface area contributed by atoms with Crippen LogP contribution >= 0.6 is 11.6 Å². The maximum Gasteiger partial charge on any atom is 0.196 e. The van der Waals surface area contributed by atoms with Crippen LogP contribution in [0, 0.1) is 0 Å². The lowest BCUT2D eigenvalue weighted by molar-refractivity contribution is 0.103. The first-order chi connectivity index (χ1) is 9.15. The second-order valence-electron chi connectivity index (χ2n) is 3.91. The van der Waals surface area contributed by atoms with Gasteiger partial charge in [-0.15, -0.1) is 0 Å². The number of hydrogen-bond donors (Lipinski definition) is 0. The average molecular weight is 277 g/mol. The fraction of sp³-hybridized carbons (Fsp3) is 0.133. The number of carbonyl (C=O) groups is 1. The monoisotopic (exact) mass is 276 g/mol. The Balaban J connectivity index is 2.44. The number of benzene rings is 2. The SMILES string of the molecule is COc1ccc(C(=O)c2cccc(Cl)c2)c(OC)c1. The third-order valence-electron chi connectivity index (χ3n) is 2.74. The lowest BCUT2D eigenvalue weighted by Gasteiger charge is -2.09. The van der Waals surface area contributed by atoms with Gasteiger partial charge in [0.25, 0.3) is 0 Å². The van der Waals surface area contributed by atoms with E-state index in [1.807, 2.05) is 0 Å². The van der Waals surface area contributed by atoms with E-state index in [1.54, 1.807) is 49.6 Å². The molecular weight excluding hydrogens is 264 g/mol. The van der Waals surface area contributed by atoms with Gasteiger partial charge in [-0.2, -0.15) is 0 Å². The van der Waals surface area contributed by atoms with E-state index in [1.165, 1.54) is 7.11 Å². The maximum atomic E-state index is 12.4. The fourth-order valence-corrected chi connectivity index (χ4v) is 1.96. The summed E-state index contributed by atoms with van der Waals surface area (Å²) in [4.78, 5) is 12.4. The molecule has 3 nitrogen and oxygen atoms in total. The lowest BCUT2D eigenvalue weighted by atomic mass is 10.0. The summed E-state index contributed by atoms with van der Waals surface area (Å²) in [5, 5.41) is 0.526. The number of hydrogen-bond acceptors (Lipinski definition) is 3. The molecule has 0 bridgehead atoms. The van der Waals surface area contributed by atoms with Crippen LogP contribution in [-0.2, 0) is 0 Å². The van der Waals surface area contributed by atoms with Gasteiger partial charge in [0.2, 0.25) is 0 Å². The molecule has 0 aliphatic carbocycles. The van der Waals surface area contributed by atoms with Crippen molar-refractivity contribution in [1.29, 1.82) is 0 Å². The Morgan fingerprint density at radius 2 is 1.84 bits per heavy atom. The van der Waals surface area contributed by atoms with Crippen LogP contribution < -0.4 is 9.47 Å². The zero-order valence-corrected chi connectivity index (χ0v) is 11.4. The van der Waals surface area contributed by atoms with Crippen LogP contribution in [0.1, 0.15) is 15.9 Å². The van der Waals surface area contributed by atoms with Crippen LogP contribution in [0.4, 0.5) is 0 Å². The van der Waals surface area contributed by atoms with Crippen LogP contribution in [0.15, 0.2) is 42.5 Å². The van der Waals surface area contributed by atoms with Crippen LogP contribution in [0.3, 0.4) is 0 Å². The van der Waals surface area contributed by atoms with Gasteiger partial charge in [0.15, 0.2) is 5.78 Å². The van der Waals surface area contributed by atoms with Crippen LogP contribution in [0.2, 0.25) is 5.02 Å². The highest BCUT2D eigenvalue weighted by atomic mass is 35.5. The number of methoxy groups -OCH3 is 2. The molecule has 2 rings (SSSR count). The summed E-state index contributed by atoms with van der Waals surface area (Å²) in [6.45, 7) is 0. The van der Waals surface area contributed by atoms with Crippen molar-refractivity contribution in [3.8, 4) is 11.5 Å². The van der Waals surface area contributed by atoms with E-state index in [4.69, 9.17) is 21.1 Å². The van der Waals surface area contributed by atoms with E-state index in [0.717, 1.165) is 0 Å². The Hall–Kier alpha value is -2.00. The summed E-state index contributed by atoms with van der Waals surface area (Å²) in [6, 6.07) is 11.9. The van der Waals surface area contributed by atoms with Crippen molar-refractivity contribution in [3.63, 3.8) is 0 Å². The summed E-state index contributed by atoms with van der Waals surface area (Å²) in [6.07, 6.45) is 0. The van der Waals surface area contributed by atoms with Crippen molar-refractivity contribution in [1.82, 2.24) is 0 Å². The van der Waals surface area contributed by atoms with E-state index in [0.29, 0.717) is 27.6 Å². The lowest BCUT2D eigenvalue weighted by Crippen LogP contribution is -2.04.